The monoisotopic (exact) mass is 679 g/mol. The highest BCUT2D eigenvalue weighted by molar-refractivity contribution is 6.04. The zero-order valence-corrected chi connectivity index (χ0v) is 30.7. The van der Waals surface area contributed by atoms with E-state index in [9.17, 15) is 0 Å². The molecule has 0 aliphatic heterocycles. The molecule has 0 spiro atoms. The van der Waals surface area contributed by atoms with Crippen LogP contribution in [0.15, 0.2) is 176 Å². The number of fused-ring (bicyclic) bond motifs is 7. The summed E-state index contributed by atoms with van der Waals surface area (Å²) in [7, 11) is 0. The van der Waals surface area contributed by atoms with E-state index in [1.54, 1.807) is 0 Å². The van der Waals surface area contributed by atoms with Crippen LogP contribution in [0.3, 0.4) is 0 Å². The van der Waals surface area contributed by atoms with Gasteiger partial charge in [0.25, 0.3) is 0 Å². The fourth-order valence-corrected chi connectivity index (χ4v) is 9.41. The smallest absolute Gasteiger partial charge is 0.0546 e. The van der Waals surface area contributed by atoms with E-state index in [1.165, 1.54) is 77.5 Å². The molecular formula is C52H41N. The maximum absolute atomic E-state index is 2.51. The lowest BCUT2D eigenvalue weighted by molar-refractivity contribution is 0.660. The summed E-state index contributed by atoms with van der Waals surface area (Å²) in [5.74, 6) is 0. The highest BCUT2D eigenvalue weighted by Crippen LogP contribution is 2.56. The lowest BCUT2D eigenvalue weighted by Crippen LogP contribution is -2.17. The molecular weight excluding hydrogens is 639 g/mol. The Hall–Kier alpha value is -6.18. The van der Waals surface area contributed by atoms with E-state index < -0.39 is 0 Å². The topological polar surface area (TPSA) is 3.24 Å². The summed E-state index contributed by atoms with van der Waals surface area (Å²) in [5.41, 5.74) is 19.0. The van der Waals surface area contributed by atoms with Crippen LogP contribution in [0.2, 0.25) is 0 Å². The van der Waals surface area contributed by atoms with Gasteiger partial charge >= 0.3 is 0 Å². The maximum Gasteiger partial charge on any atom is 0.0546 e. The average Bonchev–Trinajstić information content (AvgIpc) is 3.58. The quantitative estimate of drug-likeness (QED) is 0.175. The van der Waals surface area contributed by atoms with Gasteiger partial charge in [0.1, 0.15) is 0 Å². The minimum atomic E-state index is -0.124. The number of rotatable bonds is 5. The van der Waals surface area contributed by atoms with Gasteiger partial charge in [0.15, 0.2) is 0 Å². The number of benzene rings is 8. The van der Waals surface area contributed by atoms with Gasteiger partial charge in [0.2, 0.25) is 0 Å². The van der Waals surface area contributed by atoms with Gasteiger partial charge in [0, 0.05) is 27.8 Å². The minimum absolute atomic E-state index is 0.109. The molecule has 254 valence electrons. The fourth-order valence-electron chi connectivity index (χ4n) is 9.41. The summed E-state index contributed by atoms with van der Waals surface area (Å²) in [4.78, 5) is 2.51. The molecule has 8 aromatic rings. The normalized spacial score (nSPS) is 14.3. The first-order chi connectivity index (χ1) is 25.8. The van der Waals surface area contributed by atoms with Crippen molar-refractivity contribution in [3.63, 3.8) is 0 Å². The third-order valence-electron chi connectivity index (χ3n) is 12.1. The van der Waals surface area contributed by atoms with Crippen LogP contribution < -0.4 is 4.90 Å². The van der Waals surface area contributed by atoms with Crippen molar-refractivity contribution in [1.29, 1.82) is 0 Å². The lowest BCUT2D eigenvalue weighted by atomic mass is 9.81. The van der Waals surface area contributed by atoms with Gasteiger partial charge in [-0.15, -0.1) is 0 Å². The van der Waals surface area contributed by atoms with E-state index in [1.807, 2.05) is 0 Å². The molecule has 0 N–H and O–H groups in total. The van der Waals surface area contributed by atoms with Crippen LogP contribution >= 0.6 is 0 Å². The summed E-state index contributed by atoms with van der Waals surface area (Å²) in [5, 5.41) is 2.46. The molecule has 0 heterocycles. The van der Waals surface area contributed by atoms with Crippen LogP contribution in [-0.4, -0.2) is 0 Å². The van der Waals surface area contributed by atoms with Gasteiger partial charge in [0.05, 0.1) is 5.69 Å². The van der Waals surface area contributed by atoms with Crippen LogP contribution in [0.5, 0.6) is 0 Å². The van der Waals surface area contributed by atoms with Gasteiger partial charge in [-0.1, -0.05) is 173 Å². The first-order valence-corrected chi connectivity index (χ1v) is 18.8. The van der Waals surface area contributed by atoms with Crippen LogP contribution in [0.1, 0.15) is 49.9 Å². The molecule has 0 fully saturated rings. The number of anilines is 3. The van der Waals surface area contributed by atoms with Crippen LogP contribution in [0, 0.1) is 0 Å². The SMILES string of the molecule is CC1(C)c2ccccc2-c2ccc(N(c3ccc4ccccc4c3)c3cccc(-c4ccccc4)c3-c3cccc4c3-c3ccccc3C4(C)C)cc21. The first kappa shape index (κ1) is 31.5. The number of hydrogen-bond donors (Lipinski definition) is 0. The average molecular weight is 680 g/mol. The molecule has 0 saturated heterocycles. The van der Waals surface area contributed by atoms with Crippen LogP contribution in [-0.2, 0) is 10.8 Å². The molecule has 0 atom stereocenters. The molecule has 0 saturated carbocycles. The molecule has 0 unspecified atom stereocenters. The molecule has 8 aromatic carbocycles. The Morgan fingerprint density at radius 2 is 0.887 bits per heavy atom. The van der Waals surface area contributed by atoms with Crippen molar-refractivity contribution in [1.82, 2.24) is 0 Å². The molecule has 2 aliphatic rings. The van der Waals surface area contributed by atoms with E-state index in [2.05, 4.69) is 209 Å². The molecule has 0 bridgehead atoms. The summed E-state index contributed by atoms with van der Waals surface area (Å²) in [6.07, 6.45) is 0. The second-order valence-electron chi connectivity index (χ2n) is 15.7. The highest BCUT2D eigenvalue weighted by atomic mass is 15.1. The van der Waals surface area contributed by atoms with E-state index in [4.69, 9.17) is 0 Å². The van der Waals surface area contributed by atoms with Crippen molar-refractivity contribution in [3.05, 3.63) is 198 Å². The Labute approximate surface area is 312 Å². The summed E-state index contributed by atoms with van der Waals surface area (Å²) >= 11 is 0. The summed E-state index contributed by atoms with van der Waals surface area (Å²) in [6.45, 7) is 9.49. The predicted octanol–water partition coefficient (Wildman–Crippen LogP) is 14.3. The molecule has 0 radical (unpaired) electrons. The fraction of sp³-hybridized carbons (Fsp3) is 0.115. The molecule has 1 heteroatoms. The predicted molar refractivity (Wildman–Crippen MR) is 225 cm³/mol. The van der Waals surface area contributed by atoms with E-state index >= 15 is 0 Å². The van der Waals surface area contributed by atoms with E-state index in [0.717, 1.165) is 17.1 Å². The molecule has 0 amide bonds. The lowest BCUT2D eigenvalue weighted by Gasteiger charge is -2.31. The molecule has 53 heavy (non-hydrogen) atoms. The van der Waals surface area contributed by atoms with Crippen LogP contribution in [0.25, 0.3) is 55.3 Å². The van der Waals surface area contributed by atoms with Crippen molar-refractivity contribution in [3.8, 4) is 44.5 Å². The van der Waals surface area contributed by atoms with E-state index in [0.29, 0.717) is 0 Å². The highest BCUT2D eigenvalue weighted by Gasteiger charge is 2.38. The summed E-state index contributed by atoms with van der Waals surface area (Å²) in [6, 6.07) is 65.4. The second-order valence-corrected chi connectivity index (χ2v) is 15.7. The van der Waals surface area contributed by atoms with Gasteiger partial charge in [-0.05, 0) is 102 Å². The zero-order chi connectivity index (χ0) is 35.9. The van der Waals surface area contributed by atoms with Crippen molar-refractivity contribution >= 4 is 27.8 Å². The maximum atomic E-state index is 2.51. The van der Waals surface area contributed by atoms with Crippen molar-refractivity contribution in [2.45, 2.75) is 38.5 Å². The molecule has 10 rings (SSSR count). The van der Waals surface area contributed by atoms with Gasteiger partial charge in [-0.2, -0.15) is 0 Å². The first-order valence-electron chi connectivity index (χ1n) is 18.8. The number of nitrogens with zero attached hydrogens (tertiary/aromatic N) is 1. The third-order valence-corrected chi connectivity index (χ3v) is 12.1. The molecule has 0 aromatic heterocycles. The Kier molecular flexibility index (Phi) is 6.94. The Bertz CT molecular complexity index is 2730. The van der Waals surface area contributed by atoms with Gasteiger partial charge in [-0.25, -0.2) is 0 Å². The number of hydrogen-bond acceptors (Lipinski definition) is 1. The second kappa shape index (κ2) is 11.7. The van der Waals surface area contributed by atoms with Crippen molar-refractivity contribution in [2.75, 3.05) is 4.90 Å². The Balaban J connectivity index is 1.30. The minimum Gasteiger partial charge on any atom is -0.310 e. The van der Waals surface area contributed by atoms with Gasteiger partial charge in [-0.3, -0.25) is 0 Å². The molecule has 1 nitrogen and oxygen atoms in total. The summed E-state index contributed by atoms with van der Waals surface area (Å²) < 4.78 is 0. The molecule has 2 aliphatic carbocycles. The van der Waals surface area contributed by atoms with Crippen LogP contribution in [0.4, 0.5) is 17.1 Å². The third kappa shape index (κ3) is 4.70. The Morgan fingerprint density at radius 3 is 1.70 bits per heavy atom. The van der Waals surface area contributed by atoms with E-state index in [-0.39, 0.29) is 10.8 Å². The Morgan fingerprint density at radius 1 is 0.340 bits per heavy atom. The largest absolute Gasteiger partial charge is 0.310 e. The standard InChI is InChI=1S/C52H41N/c1-51(2)45-25-13-11-21-42(45)49-43(23-14-26-46(49)51)50-39(35-17-6-5-7-18-35)22-15-27-48(50)53(37-29-28-34-16-8-9-19-36(34)32-37)38-30-31-41-40-20-10-12-24-44(40)52(3,4)47(41)33-38/h5-33H,1-4H3. The van der Waals surface area contributed by atoms with Crippen molar-refractivity contribution in [2.24, 2.45) is 0 Å². The zero-order valence-electron chi connectivity index (χ0n) is 30.7. The van der Waals surface area contributed by atoms with Crippen molar-refractivity contribution < 1.29 is 0 Å². The van der Waals surface area contributed by atoms with Gasteiger partial charge < -0.3 is 4.90 Å².